The van der Waals surface area contributed by atoms with Crippen molar-refractivity contribution in [1.29, 1.82) is 0 Å². The maximum atomic E-state index is 11.7. The van der Waals surface area contributed by atoms with Crippen LogP contribution in [0.1, 0.15) is 19.3 Å². The molecule has 0 aromatic heterocycles. The summed E-state index contributed by atoms with van der Waals surface area (Å²) in [5.74, 6) is 0.635. The summed E-state index contributed by atoms with van der Waals surface area (Å²) in [7, 11) is 0. The Labute approximate surface area is 107 Å². The lowest BCUT2D eigenvalue weighted by Gasteiger charge is -2.21. The van der Waals surface area contributed by atoms with E-state index in [1.165, 1.54) is 0 Å². The molecule has 0 aliphatic carbocycles. The highest BCUT2D eigenvalue weighted by Crippen LogP contribution is 2.09. The van der Waals surface area contributed by atoms with Crippen molar-refractivity contribution in [2.75, 3.05) is 19.8 Å². The number of carbonyl (C=O) groups excluding carboxylic acids is 1. The second-order valence-corrected chi connectivity index (χ2v) is 4.33. The van der Waals surface area contributed by atoms with Gasteiger partial charge in [-0.25, -0.2) is 0 Å². The average Bonchev–Trinajstić information content (AvgIpc) is 2.45. The summed E-state index contributed by atoms with van der Waals surface area (Å²) in [6.45, 7) is 1.59. The average molecular weight is 249 g/mol. The van der Waals surface area contributed by atoms with Crippen LogP contribution in [0, 0.1) is 0 Å². The summed E-state index contributed by atoms with van der Waals surface area (Å²) in [6.07, 6.45) is 3.10. The standard InChI is InChI=1S/C14H19NO3/c16-14(13-8-4-5-9-15-13)18-11-10-17-12-6-2-1-3-7-12/h1-3,6-7,13,15H,4-5,8-11H2/t13-/m0/s1. The van der Waals surface area contributed by atoms with Crippen LogP contribution >= 0.6 is 0 Å². The van der Waals surface area contributed by atoms with Crippen molar-refractivity contribution in [3.8, 4) is 5.75 Å². The van der Waals surface area contributed by atoms with E-state index in [1.807, 2.05) is 30.3 Å². The lowest BCUT2D eigenvalue weighted by molar-refractivity contribution is -0.147. The second-order valence-electron chi connectivity index (χ2n) is 4.33. The number of carbonyl (C=O) groups is 1. The minimum absolute atomic E-state index is 0.129. The minimum Gasteiger partial charge on any atom is -0.490 e. The lowest BCUT2D eigenvalue weighted by atomic mass is 10.1. The van der Waals surface area contributed by atoms with Crippen molar-refractivity contribution in [3.05, 3.63) is 30.3 Å². The first kappa shape index (κ1) is 12.9. The second kappa shape index (κ2) is 7.01. The summed E-state index contributed by atoms with van der Waals surface area (Å²) in [6, 6.07) is 9.38. The van der Waals surface area contributed by atoms with E-state index >= 15 is 0 Å². The van der Waals surface area contributed by atoms with Crippen LogP contribution in [0.25, 0.3) is 0 Å². The predicted molar refractivity (Wildman–Crippen MR) is 68.5 cm³/mol. The van der Waals surface area contributed by atoms with Crippen molar-refractivity contribution >= 4 is 5.97 Å². The molecule has 2 rings (SSSR count). The Morgan fingerprint density at radius 3 is 2.78 bits per heavy atom. The van der Waals surface area contributed by atoms with Gasteiger partial charge in [-0.15, -0.1) is 0 Å². The lowest BCUT2D eigenvalue weighted by Crippen LogP contribution is -2.41. The molecule has 0 radical (unpaired) electrons. The molecule has 4 nitrogen and oxygen atoms in total. The first-order valence-electron chi connectivity index (χ1n) is 6.44. The largest absolute Gasteiger partial charge is 0.490 e. The Morgan fingerprint density at radius 1 is 1.22 bits per heavy atom. The highest BCUT2D eigenvalue weighted by molar-refractivity contribution is 5.75. The smallest absolute Gasteiger partial charge is 0.323 e. The van der Waals surface area contributed by atoms with Gasteiger partial charge in [-0.2, -0.15) is 0 Å². The zero-order chi connectivity index (χ0) is 12.6. The van der Waals surface area contributed by atoms with Crippen molar-refractivity contribution in [1.82, 2.24) is 5.32 Å². The Hall–Kier alpha value is -1.55. The van der Waals surface area contributed by atoms with E-state index in [-0.39, 0.29) is 12.0 Å². The summed E-state index contributed by atoms with van der Waals surface area (Å²) < 4.78 is 10.6. The van der Waals surface area contributed by atoms with E-state index < -0.39 is 0 Å². The van der Waals surface area contributed by atoms with Crippen molar-refractivity contribution < 1.29 is 14.3 Å². The molecule has 1 atom stereocenters. The quantitative estimate of drug-likeness (QED) is 0.638. The number of nitrogens with one attached hydrogen (secondary N) is 1. The van der Waals surface area contributed by atoms with Gasteiger partial charge in [0.1, 0.15) is 25.0 Å². The molecular weight excluding hydrogens is 230 g/mol. The third-order valence-corrected chi connectivity index (χ3v) is 2.93. The maximum absolute atomic E-state index is 11.7. The fourth-order valence-electron chi connectivity index (χ4n) is 1.97. The molecule has 0 spiro atoms. The van der Waals surface area contributed by atoms with Gasteiger partial charge in [-0.05, 0) is 31.5 Å². The van der Waals surface area contributed by atoms with Gasteiger partial charge in [0.15, 0.2) is 0 Å². The first-order chi connectivity index (χ1) is 8.86. The van der Waals surface area contributed by atoms with E-state index in [9.17, 15) is 4.79 Å². The van der Waals surface area contributed by atoms with Crippen LogP contribution in [-0.4, -0.2) is 31.8 Å². The molecule has 4 heteroatoms. The van der Waals surface area contributed by atoms with Crippen molar-refractivity contribution in [3.63, 3.8) is 0 Å². The molecule has 18 heavy (non-hydrogen) atoms. The van der Waals surface area contributed by atoms with Crippen LogP contribution in [0.3, 0.4) is 0 Å². The molecule has 1 aliphatic heterocycles. The Morgan fingerprint density at radius 2 is 2.06 bits per heavy atom. The molecule has 1 fully saturated rings. The molecule has 1 N–H and O–H groups in total. The first-order valence-corrected chi connectivity index (χ1v) is 6.44. The fourth-order valence-corrected chi connectivity index (χ4v) is 1.97. The van der Waals surface area contributed by atoms with Crippen LogP contribution in [0.4, 0.5) is 0 Å². The van der Waals surface area contributed by atoms with Crippen LogP contribution < -0.4 is 10.1 Å². The van der Waals surface area contributed by atoms with Gasteiger partial charge >= 0.3 is 5.97 Å². The summed E-state index contributed by atoms with van der Waals surface area (Å²) in [5, 5.41) is 3.16. The number of ether oxygens (including phenoxy) is 2. The van der Waals surface area contributed by atoms with E-state index in [2.05, 4.69) is 5.32 Å². The molecule has 1 heterocycles. The van der Waals surface area contributed by atoms with Gasteiger partial charge in [0, 0.05) is 0 Å². The van der Waals surface area contributed by atoms with Gasteiger partial charge in [0.2, 0.25) is 0 Å². The van der Waals surface area contributed by atoms with Gasteiger partial charge in [0.05, 0.1) is 0 Å². The highest BCUT2D eigenvalue weighted by atomic mass is 16.6. The van der Waals surface area contributed by atoms with Crippen LogP contribution in [0.15, 0.2) is 30.3 Å². The van der Waals surface area contributed by atoms with E-state index in [0.29, 0.717) is 13.2 Å². The fraction of sp³-hybridized carbons (Fsp3) is 0.500. The monoisotopic (exact) mass is 249 g/mol. The number of para-hydroxylation sites is 1. The zero-order valence-electron chi connectivity index (χ0n) is 10.4. The van der Waals surface area contributed by atoms with Crippen molar-refractivity contribution in [2.45, 2.75) is 25.3 Å². The van der Waals surface area contributed by atoms with Gasteiger partial charge in [0.25, 0.3) is 0 Å². The van der Waals surface area contributed by atoms with Gasteiger partial charge < -0.3 is 14.8 Å². The SMILES string of the molecule is O=C(OCCOc1ccccc1)[C@@H]1CCCCN1. The summed E-state index contributed by atoms with van der Waals surface area (Å²) in [4.78, 5) is 11.7. The minimum atomic E-state index is -0.161. The molecule has 0 saturated carbocycles. The third kappa shape index (κ3) is 4.04. The Kier molecular flexibility index (Phi) is 5.02. The predicted octanol–water partition coefficient (Wildman–Crippen LogP) is 1.75. The molecule has 1 saturated heterocycles. The normalized spacial score (nSPS) is 19.2. The molecule has 1 aromatic rings. The number of benzene rings is 1. The number of rotatable bonds is 5. The Balaban J connectivity index is 1.61. The maximum Gasteiger partial charge on any atom is 0.323 e. The summed E-state index contributed by atoms with van der Waals surface area (Å²) in [5.41, 5.74) is 0. The van der Waals surface area contributed by atoms with Crippen LogP contribution in [0.5, 0.6) is 5.75 Å². The third-order valence-electron chi connectivity index (χ3n) is 2.93. The van der Waals surface area contributed by atoms with Gasteiger partial charge in [-0.3, -0.25) is 4.79 Å². The van der Waals surface area contributed by atoms with E-state index in [0.717, 1.165) is 31.6 Å². The molecule has 1 aliphatic rings. The van der Waals surface area contributed by atoms with Crippen LogP contribution in [-0.2, 0) is 9.53 Å². The molecule has 0 bridgehead atoms. The molecular formula is C14H19NO3. The Bertz CT molecular complexity index is 361. The number of hydrogen-bond donors (Lipinski definition) is 1. The van der Waals surface area contributed by atoms with E-state index in [1.54, 1.807) is 0 Å². The highest BCUT2D eigenvalue weighted by Gasteiger charge is 2.21. The number of esters is 1. The molecule has 0 unspecified atom stereocenters. The number of piperidine rings is 1. The van der Waals surface area contributed by atoms with E-state index in [4.69, 9.17) is 9.47 Å². The zero-order valence-corrected chi connectivity index (χ0v) is 10.4. The van der Waals surface area contributed by atoms with Crippen molar-refractivity contribution in [2.24, 2.45) is 0 Å². The topological polar surface area (TPSA) is 47.6 Å². The van der Waals surface area contributed by atoms with Crippen LogP contribution in [0.2, 0.25) is 0 Å². The number of hydrogen-bond acceptors (Lipinski definition) is 4. The molecule has 98 valence electrons. The summed E-state index contributed by atoms with van der Waals surface area (Å²) >= 11 is 0. The van der Waals surface area contributed by atoms with Gasteiger partial charge in [-0.1, -0.05) is 24.6 Å². The molecule has 0 amide bonds. The molecule has 1 aromatic carbocycles.